The average molecular weight is 195 g/mol. The van der Waals surface area contributed by atoms with Crippen LogP contribution >= 0.6 is 0 Å². The second-order valence-electron chi connectivity index (χ2n) is 4.75. The third-order valence-electron chi connectivity index (χ3n) is 2.31. The molecule has 3 heteroatoms. The minimum absolute atomic E-state index is 0.0210. The lowest BCUT2D eigenvalue weighted by Gasteiger charge is -2.24. The lowest BCUT2D eigenvalue weighted by molar-refractivity contribution is 0.393. The van der Waals surface area contributed by atoms with Crippen molar-refractivity contribution in [3.63, 3.8) is 0 Å². The summed E-state index contributed by atoms with van der Waals surface area (Å²) in [5.74, 6) is 1.84. The topological polar surface area (TPSA) is 43.8 Å². The van der Waals surface area contributed by atoms with Crippen LogP contribution in [0.5, 0.6) is 0 Å². The average Bonchev–Trinajstić information content (AvgIpc) is 2.26. The van der Waals surface area contributed by atoms with Gasteiger partial charge in [0.15, 0.2) is 0 Å². The summed E-state index contributed by atoms with van der Waals surface area (Å²) in [4.78, 5) is 4.50. The van der Waals surface area contributed by atoms with Crippen molar-refractivity contribution in [3.05, 3.63) is 11.5 Å². The van der Waals surface area contributed by atoms with Gasteiger partial charge in [0, 0.05) is 5.54 Å². The van der Waals surface area contributed by atoms with Gasteiger partial charge in [-0.25, -0.2) is 4.98 Å². The molecule has 0 aliphatic heterocycles. The predicted molar refractivity (Wildman–Crippen MR) is 60.4 cm³/mol. The molecule has 80 valence electrons. The Morgan fingerprint density at radius 1 is 1.36 bits per heavy atom. The van der Waals surface area contributed by atoms with E-state index in [4.69, 9.17) is 5.73 Å². The number of anilines is 1. The molecule has 3 nitrogen and oxygen atoms in total. The van der Waals surface area contributed by atoms with E-state index < -0.39 is 0 Å². The molecule has 0 atom stereocenters. The van der Waals surface area contributed by atoms with Crippen molar-refractivity contribution in [2.24, 2.45) is 0 Å². The number of imidazole rings is 1. The van der Waals surface area contributed by atoms with E-state index in [2.05, 4.69) is 37.2 Å². The van der Waals surface area contributed by atoms with E-state index in [9.17, 15) is 0 Å². The van der Waals surface area contributed by atoms with Crippen LogP contribution in [0, 0.1) is 6.92 Å². The first-order valence-electron chi connectivity index (χ1n) is 5.22. The Kier molecular flexibility index (Phi) is 2.88. The standard InChI is InChI=1S/C11H21N3/c1-6-7-9-10(12)14(8(2)13-9)11(3,4)5/h6-7,12H2,1-5H3. The first-order valence-corrected chi connectivity index (χ1v) is 5.22. The summed E-state index contributed by atoms with van der Waals surface area (Å²) in [6.45, 7) is 10.6. The molecule has 0 aliphatic carbocycles. The van der Waals surface area contributed by atoms with Crippen LogP contribution in [0.4, 0.5) is 5.82 Å². The zero-order chi connectivity index (χ0) is 10.9. The molecule has 2 N–H and O–H groups in total. The van der Waals surface area contributed by atoms with Crippen LogP contribution in [-0.2, 0) is 12.0 Å². The van der Waals surface area contributed by atoms with Crippen LogP contribution in [0.3, 0.4) is 0 Å². The molecular weight excluding hydrogens is 174 g/mol. The fourth-order valence-electron chi connectivity index (χ4n) is 1.87. The molecule has 0 fully saturated rings. The molecule has 0 radical (unpaired) electrons. The summed E-state index contributed by atoms with van der Waals surface area (Å²) >= 11 is 0. The maximum Gasteiger partial charge on any atom is 0.127 e. The van der Waals surface area contributed by atoms with Gasteiger partial charge in [-0.2, -0.15) is 0 Å². The molecule has 0 spiro atoms. The Bertz CT molecular complexity index is 318. The summed E-state index contributed by atoms with van der Waals surface area (Å²) < 4.78 is 2.11. The minimum atomic E-state index is 0.0210. The third-order valence-corrected chi connectivity index (χ3v) is 2.31. The quantitative estimate of drug-likeness (QED) is 0.788. The molecule has 14 heavy (non-hydrogen) atoms. The molecule has 0 bridgehead atoms. The molecule has 0 amide bonds. The van der Waals surface area contributed by atoms with Crippen LogP contribution in [0.1, 0.15) is 45.6 Å². The normalized spacial score (nSPS) is 12.1. The maximum atomic E-state index is 6.08. The molecule has 0 aliphatic rings. The molecule has 0 saturated heterocycles. The number of aromatic nitrogens is 2. The van der Waals surface area contributed by atoms with Gasteiger partial charge < -0.3 is 10.3 Å². The molecule has 1 heterocycles. The molecular formula is C11H21N3. The van der Waals surface area contributed by atoms with E-state index in [0.717, 1.165) is 30.2 Å². The van der Waals surface area contributed by atoms with Crippen molar-refractivity contribution >= 4 is 5.82 Å². The molecule has 1 aromatic rings. The molecule has 0 aromatic carbocycles. The zero-order valence-electron chi connectivity index (χ0n) is 9.89. The molecule has 0 unspecified atom stereocenters. The number of hydrogen-bond acceptors (Lipinski definition) is 2. The van der Waals surface area contributed by atoms with Crippen molar-refractivity contribution < 1.29 is 0 Å². The Hall–Kier alpha value is -0.990. The number of nitrogen functional groups attached to an aromatic ring is 1. The van der Waals surface area contributed by atoms with E-state index in [1.54, 1.807) is 0 Å². The van der Waals surface area contributed by atoms with Crippen LogP contribution < -0.4 is 5.73 Å². The lowest BCUT2D eigenvalue weighted by atomic mass is 10.1. The van der Waals surface area contributed by atoms with Gasteiger partial charge in [-0.1, -0.05) is 13.3 Å². The van der Waals surface area contributed by atoms with Gasteiger partial charge in [0.25, 0.3) is 0 Å². The lowest BCUT2D eigenvalue weighted by Crippen LogP contribution is -2.24. The molecule has 1 aromatic heterocycles. The van der Waals surface area contributed by atoms with Gasteiger partial charge in [0.1, 0.15) is 11.6 Å². The van der Waals surface area contributed by atoms with E-state index in [1.165, 1.54) is 0 Å². The van der Waals surface area contributed by atoms with Crippen molar-refractivity contribution in [2.75, 3.05) is 5.73 Å². The summed E-state index contributed by atoms with van der Waals surface area (Å²) in [5, 5.41) is 0. The van der Waals surface area contributed by atoms with Crippen LogP contribution in [0.2, 0.25) is 0 Å². The van der Waals surface area contributed by atoms with Gasteiger partial charge >= 0.3 is 0 Å². The minimum Gasteiger partial charge on any atom is -0.384 e. The largest absolute Gasteiger partial charge is 0.384 e. The predicted octanol–water partition coefficient (Wildman–Crippen LogP) is 2.48. The van der Waals surface area contributed by atoms with E-state index in [1.807, 2.05) is 6.92 Å². The summed E-state index contributed by atoms with van der Waals surface area (Å²) in [5.41, 5.74) is 7.14. The summed E-state index contributed by atoms with van der Waals surface area (Å²) in [7, 11) is 0. The first-order chi connectivity index (χ1) is 6.38. The Labute approximate surface area is 86.3 Å². The highest BCUT2D eigenvalue weighted by Gasteiger charge is 2.21. The summed E-state index contributed by atoms with van der Waals surface area (Å²) in [6, 6.07) is 0. The maximum absolute atomic E-state index is 6.08. The highest BCUT2D eigenvalue weighted by molar-refractivity contribution is 5.39. The van der Waals surface area contributed by atoms with E-state index in [-0.39, 0.29) is 5.54 Å². The van der Waals surface area contributed by atoms with Crippen molar-refractivity contribution in [1.82, 2.24) is 9.55 Å². The van der Waals surface area contributed by atoms with Crippen LogP contribution in [0.25, 0.3) is 0 Å². The van der Waals surface area contributed by atoms with Gasteiger partial charge in [-0.3, -0.25) is 0 Å². The zero-order valence-corrected chi connectivity index (χ0v) is 9.89. The fraction of sp³-hybridized carbons (Fsp3) is 0.727. The molecule has 0 saturated carbocycles. The first kappa shape index (κ1) is 11.1. The Morgan fingerprint density at radius 2 is 1.93 bits per heavy atom. The van der Waals surface area contributed by atoms with Crippen molar-refractivity contribution in [1.29, 1.82) is 0 Å². The number of rotatable bonds is 2. The van der Waals surface area contributed by atoms with Gasteiger partial charge in [0.2, 0.25) is 0 Å². The van der Waals surface area contributed by atoms with Crippen LogP contribution in [-0.4, -0.2) is 9.55 Å². The fourth-order valence-corrected chi connectivity index (χ4v) is 1.87. The second-order valence-corrected chi connectivity index (χ2v) is 4.75. The number of aryl methyl sites for hydroxylation is 2. The van der Waals surface area contributed by atoms with E-state index >= 15 is 0 Å². The number of nitrogens with two attached hydrogens (primary N) is 1. The molecule has 1 rings (SSSR count). The number of nitrogens with zero attached hydrogens (tertiary/aromatic N) is 2. The van der Waals surface area contributed by atoms with Crippen molar-refractivity contribution in [3.8, 4) is 0 Å². The highest BCUT2D eigenvalue weighted by atomic mass is 15.2. The monoisotopic (exact) mass is 195 g/mol. The van der Waals surface area contributed by atoms with E-state index in [0.29, 0.717) is 0 Å². The van der Waals surface area contributed by atoms with Gasteiger partial charge in [-0.05, 0) is 34.1 Å². The third kappa shape index (κ3) is 1.91. The number of hydrogen-bond donors (Lipinski definition) is 1. The Morgan fingerprint density at radius 3 is 2.29 bits per heavy atom. The van der Waals surface area contributed by atoms with Gasteiger partial charge in [-0.15, -0.1) is 0 Å². The summed E-state index contributed by atoms with van der Waals surface area (Å²) in [6.07, 6.45) is 2.06. The highest BCUT2D eigenvalue weighted by Crippen LogP contribution is 2.24. The second kappa shape index (κ2) is 3.64. The van der Waals surface area contributed by atoms with Gasteiger partial charge in [0.05, 0.1) is 5.69 Å². The van der Waals surface area contributed by atoms with Crippen LogP contribution in [0.15, 0.2) is 0 Å². The smallest absolute Gasteiger partial charge is 0.127 e. The van der Waals surface area contributed by atoms with Crippen molar-refractivity contribution in [2.45, 2.75) is 53.0 Å². The Balaban J connectivity index is 3.18. The SMILES string of the molecule is CCCc1nc(C)n(C(C)(C)C)c1N.